The Hall–Kier alpha value is -0.400. The number of nitrogens with one attached hydrogen (secondary N) is 1. The van der Waals surface area contributed by atoms with E-state index in [9.17, 15) is 9.59 Å². The van der Waals surface area contributed by atoms with E-state index in [-0.39, 0.29) is 11.1 Å². The molecule has 0 aliphatic carbocycles. The molecule has 1 aliphatic rings. The molecule has 152 valence electrons. The second-order valence-corrected chi connectivity index (χ2v) is 9.60. The van der Waals surface area contributed by atoms with E-state index < -0.39 is 0 Å². The van der Waals surface area contributed by atoms with Crippen LogP contribution < -0.4 is 11.1 Å². The van der Waals surface area contributed by atoms with E-state index in [1.807, 2.05) is 4.90 Å². The molecule has 26 heavy (non-hydrogen) atoms. The second-order valence-electron chi connectivity index (χ2n) is 7.24. The largest absolute Gasteiger partial charge is 0.356 e. The first-order chi connectivity index (χ1) is 12.6. The second kappa shape index (κ2) is 14.6. The molecule has 0 radical (unpaired) electrons. The van der Waals surface area contributed by atoms with Gasteiger partial charge < -0.3 is 16.0 Å². The summed E-state index contributed by atoms with van der Waals surface area (Å²) in [6.45, 7) is 6.81. The molecule has 0 aromatic rings. The molecule has 0 unspecified atom stereocenters. The molecular weight excluding hydrogens is 366 g/mol. The lowest BCUT2D eigenvalue weighted by Crippen LogP contribution is -2.32. The van der Waals surface area contributed by atoms with Crippen molar-refractivity contribution in [3.8, 4) is 0 Å². The van der Waals surface area contributed by atoms with Gasteiger partial charge in [-0.1, -0.05) is 37.5 Å². The zero-order valence-electron chi connectivity index (χ0n) is 16.5. The van der Waals surface area contributed by atoms with Crippen molar-refractivity contribution in [3.05, 3.63) is 0 Å². The Morgan fingerprint density at radius 1 is 1.15 bits per heavy atom. The summed E-state index contributed by atoms with van der Waals surface area (Å²) in [5, 5.41) is 3.19. The quantitative estimate of drug-likeness (QED) is 0.352. The van der Waals surface area contributed by atoms with Crippen molar-refractivity contribution in [2.45, 2.75) is 77.7 Å². The van der Waals surface area contributed by atoms with Crippen LogP contribution in [0.2, 0.25) is 0 Å². The minimum Gasteiger partial charge on any atom is -0.356 e. The van der Waals surface area contributed by atoms with E-state index >= 15 is 0 Å². The van der Waals surface area contributed by atoms with Gasteiger partial charge in [-0.05, 0) is 51.0 Å². The smallest absolute Gasteiger partial charge is 0.292 e. The molecule has 5 nitrogen and oxygen atoms in total. The average molecular weight is 404 g/mol. The van der Waals surface area contributed by atoms with Gasteiger partial charge in [0.25, 0.3) is 5.24 Å². The van der Waals surface area contributed by atoms with Gasteiger partial charge in [0.05, 0.1) is 0 Å². The Balaban J connectivity index is 1.97. The fraction of sp³-hybridized carbons (Fsp3) is 0.895. The molecule has 2 atom stereocenters. The van der Waals surface area contributed by atoms with Gasteiger partial charge in [-0.15, -0.1) is 0 Å². The third-order valence-electron chi connectivity index (χ3n) is 4.79. The Morgan fingerprint density at radius 2 is 1.92 bits per heavy atom. The summed E-state index contributed by atoms with van der Waals surface area (Å²) in [7, 11) is 3.00. The maximum absolute atomic E-state index is 12.3. The normalized spacial score (nSPS) is 19.7. The van der Waals surface area contributed by atoms with E-state index in [1.165, 1.54) is 10.8 Å². The van der Waals surface area contributed by atoms with Crippen LogP contribution in [0, 0.1) is 5.92 Å². The number of hydrogen-bond donors (Lipinski definition) is 2. The molecule has 0 saturated carbocycles. The van der Waals surface area contributed by atoms with Gasteiger partial charge in [0.2, 0.25) is 5.91 Å². The zero-order chi connectivity index (χ0) is 19.2. The van der Waals surface area contributed by atoms with Crippen LogP contribution in [0.3, 0.4) is 0 Å². The van der Waals surface area contributed by atoms with Crippen LogP contribution in [0.1, 0.15) is 71.6 Å². The first-order valence-electron chi connectivity index (χ1n) is 10.1. The summed E-state index contributed by atoms with van der Waals surface area (Å²) in [5.74, 6) is 1.69. The molecule has 2 amide bonds. The van der Waals surface area contributed by atoms with Crippen LogP contribution in [-0.4, -0.2) is 47.5 Å². The van der Waals surface area contributed by atoms with E-state index in [2.05, 4.69) is 19.2 Å². The summed E-state index contributed by atoms with van der Waals surface area (Å²) in [5.41, 5.74) is 5.45. The first-order valence-corrected chi connectivity index (χ1v) is 12.5. The molecular formula is C19H37N3O2S2. The highest BCUT2D eigenvalue weighted by molar-refractivity contribution is 8.82. The first kappa shape index (κ1) is 23.6. The number of nitrogens with two attached hydrogens (primary N) is 1. The van der Waals surface area contributed by atoms with Gasteiger partial charge in [-0.25, -0.2) is 0 Å². The van der Waals surface area contributed by atoms with Crippen LogP contribution in [-0.2, 0) is 4.79 Å². The Kier molecular flexibility index (Phi) is 13.3. The molecule has 1 saturated heterocycles. The standard InChI is InChI=1S/C19H37N3O2S2/c1-3-17-14-16(2)15-22(17)19(24)26-25-13-9-6-10-18(23)21-12-8-5-4-7-11-20/h16-17H,3-15,20H2,1-2H3,(H,21,23)/t16-,17-/m1/s1. The fourth-order valence-corrected chi connectivity index (χ4v) is 5.31. The number of likely N-dealkylation sites (tertiary alicyclic amines) is 1. The van der Waals surface area contributed by atoms with Crippen LogP contribution in [0.25, 0.3) is 0 Å². The molecule has 0 aromatic carbocycles. The number of unbranched alkanes of at least 4 members (excludes halogenated alkanes) is 4. The number of hydrogen-bond acceptors (Lipinski definition) is 5. The van der Waals surface area contributed by atoms with Gasteiger partial charge in [0, 0.05) is 42.1 Å². The molecule has 0 aromatic heterocycles. The van der Waals surface area contributed by atoms with Crippen LogP contribution >= 0.6 is 21.6 Å². The van der Waals surface area contributed by atoms with E-state index in [0.717, 1.165) is 76.8 Å². The lowest BCUT2D eigenvalue weighted by molar-refractivity contribution is -0.121. The number of carbonyl (C=O) groups is 2. The highest BCUT2D eigenvalue weighted by atomic mass is 33.1. The molecule has 1 fully saturated rings. The maximum Gasteiger partial charge on any atom is 0.292 e. The summed E-state index contributed by atoms with van der Waals surface area (Å²) >= 11 is 0. The Morgan fingerprint density at radius 3 is 2.65 bits per heavy atom. The predicted molar refractivity (Wildman–Crippen MR) is 114 cm³/mol. The van der Waals surface area contributed by atoms with Crippen molar-refractivity contribution < 1.29 is 9.59 Å². The van der Waals surface area contributed by atoms with E-state index in [1.54, 1.807) is 10.8 Å². The molecule has 0 spiro atoms. The predicted octanol–water partition coefficient (Wildman–Crippen LogP) is 4.41. The van der Waals surface area contributed by atoms with Crippen molar-refractivity contribution in [2.75, 3.05) is 25.4 Å². The third kappa shape index (κ3) is 10.1. The van der Waals surface area contributed by atoms with Gasteiger partial charge in [-0.3, -0.25) is 9.59 Å². The van der Waals surface area contributed by atoms with Crippen molar-refractivity contribution >= 4 is 32.7 Å². The van der Waals surface area contributed by atoms with Gasteiger partial charge >= 0.3 is 0 Å². The number of nitrogens with zero attached hydrogens (tertiary/aromatic N) is 1. The van der Waals surface area contributed by atoms with Crippen LogP contribution in [0.5, 0.6) is 0 Å². The summed E-state index contributed by atoms with van der Waals surface area (Å²) in [6, 6.07) is 0.421. The van der Waals surface area contributed by atoms with Crippen molar-refractivity contribution in [1.82, 2.24) is 10.2 Å². The highest BCUT2D eigenvalue weighted by Crippen LogP contribution is 2.32. The lowest BCUT2D eigenvalue weighted by Gasteiger charge is -2.22. The summed E-state index contributed by atoms with van der Waals surface area (Å²) in [4.78, 5) is 26.1. The number of amides is 2. The number of carbonyl (C=O) groups excluding carboxylic acids is 2. The lowest BCUT2D eigenvalue weighted by atomic mass is 10.1. The molecule has 0 bridgehead atoms. The summed E-state index contributed by atoms with van der Waals surface area (Å²) < 4.78 is 0. The van der Waals surface area contributed by atoms with Crippen molar-refractivity contribution in [1.29, 1.82) is 0 Å². The SMILES string of the molecule is CC[C@@H]1C[C@@H](C)CN1C(=O)SSCCCCC(=O)NCCCCCCN. The highest BCUT2D eigenvalue weighted by Gasteiger charge is 2.31. The molecule has 3 N–H and O–H groups in total. The fourth-order valence-electron chi connectivity index (χ4n) is 3.29. The Bertz CT molecular complexity index is 410. The van der Waals surface area contributed by atoms with Gasteiger partial charge in [-0.2, -0.15) is 0 Å². The minimum atomic E-state index is 0.148. The average Bonchev–Trinajstić information content (AvgIpc) is 3.01. The van der Waals surface area contributed by atoms with Gasteiger partial charge in [0.15, 0.2) is 0 Å². The van der Waals surface area contributed by atoms with Crippen LogP contribution in [0.15, 0.2) is 0 Å². The third-order valence-corrected chi connectivity index (χ3v) is 7.03. The molecule has 1 heterocycles. The molecule has 1 rings (SSSR count). The van der Waals surface area contributed by atoms with Crippen LogP contribution in [0.4, 0.5) is 4.79 Å². The minimum absolute atomic E-state index is 0.148. The topological polar surface area (TPSA) is 75.4 Å². The zero-order valence-corrected chi connectivity index (χ0v) is 18.1. The van der Waals surface area contributed by atoms with Crippen molar-refractivity contribution in [3.63, 3.8) is 0 Å². The monoisotopic (exact) mass is 403 g/mol. The maximum atomic E-state index is 12.3. The van der Waals surface area contributed by atoms with E-state index in [0.29, 0.717) is 18.4 Å². The molecule has 1 aliphatic heterocycles. The van der Waals surface area contributed by atoms with Crippen molar-refractivity contribution in [2.24, 2.45) is 11.7 Å². The summed E-state index contributed by atoms with van der Waals surface area (Å²) in [6.07, 6.45) is 9.02. The van der Waals surface area contributed by atoms with Gasteiger partial charge in [0.1, 0.15) is 0 Å². The number of rotatable bonds is 13. The molecule has 7 heteroatoms. The Labute approximate surface area is 167 Å². The van der Waals surface area contributed by atoms with E-state index in [4.69, 9.17) is 5.73 Å².